The number of ether oxygens (including phenoxy) is 1. The molecule has 0 fully saturated rings. The van der Waals surface area contributed by atoms with Crippen molar-refractivity contribution >= 4 is 0 Å². The summed E-state index contributed by atoms with van der Waals surface area (Å²) >= 11 is 0. The first-order chi connectivity index (χ1) is 7.98. The van der Waals surface area contributed by atoms with Crippen molar-refractivity contribution in [2.75, 3.05) is 19.8 Å². The number of hydrogen-bond donors (Lipinski definition) is 2. The molecule has 3 nitrogen and oxygen atoms in total. The van der Waals surface area contributed by atoms with Gasteiger partial charge in [0.15, 0.2) is 0 Å². The number of hydrogen-bond acceptors (Lipinski definition) is 3. The molecule has 1 atom stereocenters. The predicted octanol–water partition coefficient (Wildman–Crippen LogP) is 1.91. The van der Waals surface area contributed by atoms with Crippen LogP contribution in [0.5, 0.6) is 5.75 Å². The lowest BCUT2D eigenvalue weighted by molar-refractivity contribution is 0.209. The summed E-state index contributed by atoms with van der Waals surface area (Å²) < 4.78 is 5.56. The maximum Gasteiger partial charge on any atom is 0.122 e. The number of benzene rings is 1. The maximum absolute atomic E-state index is 9.52. The van der Waals surface area contributed by atoms with E-state index in [0.29, 0.717) is 13.2 Å². The molecule has 17 heavy (non-hydrogen) atoms. The highest BCUT2D eigenvalue weighted by Crippen LogP contribution is 2.31. The van der Waals surface area contributed by atoms with Gasteiger partial charge < -0.3 is 15.6 Å². The molecule has 0 aromatic heterocycles. The normalized spacial score (nSPS) is 14.5. The van der Waals surface area contributed by atoms with Crippen LogP contribution in [0.3, 0.4) is 0 Å². The third-order valence-electron chi connectivity index (χ3n) is 3.27. The van der Waals surface area contributed by atoms with E-state index < -0.39 is 0 Å². The Labute approximate surface area is 104 Å². The summed E-state index contributed by atoms with van der Waals surface area (Å²) in [6, 6.07) is 4.10. The van der Waals surface area contributed by atoms with Gasteiger partial charge in [0.2, 0.25) is 0 Å². The molecule has 0 radical (unpaired) electrons. The van der Waals surface area contributed by atoms with Gasteiger partial charge in [-0.1, -0.05) is 13.0 Å². The standard InChI is InChI=1S/C14H23NO2/c1-5-17-13-7-10(2)12(6-11(13)3)14(4,8-15)9-16/h6-7,16H,5,8-9,15H2,1-4H3. The van der Waals surface area contributed by atoms with Gasteiger partial charge >= 0.3 is 0 Å². The lowest BCUT2D eigenvalue weighted by atomic mass is 9.80. The molecule has 0 spiro atoms. The molecule has 1 unspecified atom stereocenters. The van der Waals surface area contributed by atoms with Crippen LogP contribution in [0.15, 0.2) is 12.1 Å². The average molecular weight is 237 g/mol. The molecule has 0 amide bonds. The van der Waals surface area contributed by atoms with Crippen molar-refractivity contribution < 1.29 is 9.84 Å². The Bertz CT molecular complexity index is 384. The monoisotopic (exact) mass is 237 g/mol. The van der Waals surface area contributed by atoms with Crippen molar-refractivity contribution in [1.29, 1.82) is 0 Å². The minimum Gasteiger partial charge on any atom is -0.494 e. The minimum atomic E-state index is -0.375. The summed E-state index contributed by atoms with van der Waals surface area (Å²) in [5.41, 5.74) is 8.69. The molecule has 0 heterocycles. The van der Waals surface area contributed by atoms with Crippen LogP contribution in [0.2, 0.25) is 0 Å². The SMILES string of the molecule is CCOc1cc(C)c(C(C)(CN)CO)cc1C. The van der Waals surface area contributed by atoms with Crippen molar-refractivity contribution in [3.63, 3.8) is 0 Å². The fourth-order valence-electron chi connectivity index (χ4n) is 2.01. The van der Waals surface area contributed by atoms with Crippen molar-refractivity contribution in [3.05, 3.63) is 28.8 Å². The highest BCUT2D eigenvalue weighted by Gasteiger charge is 2.26. The smallest absolute Gasteiger partial charge is 0.122 e. The van der Waals surface area contributed by atoms with E-state index in [9.17, 15) is 5.11 Å². The molecular weight excluding hydrogens is 214 g/mol. The quantitative estimate of drug-likeness (QED) is 0.822. The Morgan fingerprint density at radius 1 is 1.29 bits per heavy atom. The number of rotatable bonds is 5. The van der Waals surface area contributed by atoms with Gasteiger partial charge in [-0.15, -0.1) is 0 Å². The second kappa shape index (κ2) is 5.52. The van der Waals surface area contributed by atoms with Crippen LogP contribution >= 0.6 is 0 Å². The van der Waals surface area contributed by atoms with Crippen molar-refractivity contribution in [2.45, 2.75) is 33.1 Å². The van der Waals surface area contributed by atoms with E-state index in [0.717, 1.165) is 22.4 Å². The second-order valence-corrected chi connectivity index (χ2v) is 4.79. The third-order valence-corrected chi connectivity index (χ3v) is 3.27. The Hall–Kier alpha value is -1.06. The molecule has 0 aliphatic rings. The molecule has 0 aliphatic heterocycles. The molecule has 3 N–H and O–H groups in total. The molecule has 3 heteroatoms. The minimum absolute atomic E-state index is 0.0533. The summed E-state index contributed by atoms with van der Waals surface area (Å²) in [5, 5.41) is 9.52. The van der Waals surface area contributed by atoms with E-state index in [4.69, 9.17) is 10.5 Å². The number of aliphatic hydroxyl groups is 1. The molecule has 1 aromatic rings. The summed E-state index contributed by atoms with van der Waals surface area (Å²) in [4.78, 5) is 0. The van der Waals surface area contributed by atoms with E-state index in [1.165, 1.54) is 0 Å². The van der Waals surface area contributed by atoms with Gasteiger partial charge in [0.05, 0.1) is 13.2 Å². The molecule has 1 aromatic carbocycles. The Kier molecular flexibility index (Phi) is 4.54. The van der Waals surface area contributed by atoms with Crippen LogP contribution in [0.25, 0.3) is 0 Å². The summed E-state index contributed by atoms with van der Waals surface area (Å²) in [5.74, 6) is 0.908. The van der Waals surface area contributed by atoms with E-state index in [1.54, 1.807) is 0 Å². The number of aryl methyl sites for hydroxylation is 2. The van der Waals surface area contributed by atoms with Crippen LogP contribution in [0, 0.1) is 13.8 Å². The number of aliphatic hydroxyl groups excluding tert-OH is 1. The van der Waals surface area contributed by atoms with Gasteiger partial charge in [-0.05, 0) is 43.5 Å². The Morgan fingerprint density at radius 2 is 1.94 bits per heavy atom. The van der Waals surface area contributed by atoms with Crippen LogP contribution in [-0.2, 0) is 5.41 Å². The zero-order valence-electron chi connectivity index (χ0n) is 11.2. The van der Waals surface area contributed by atoms with Gasteiger partial charge in [0.25, 0.3) is 0 Å². The first-order valence-corrected chi connectivity index (χ1v) is 6.04. The van der Waals surface area contributed by atoms with Crippen molar-refractivity contribution in [1.82, 2.24) is 0 Å². The summed E-state index contributed by atoms with van der Waals surface area (Å²) in [6.45, 7) is 9.14. The lowest BCUT2D eigenvalue weighted by Crippen LogP contribution is -2.36. The first-order valence-electron chi connectivity index (χ1n) is 6.04. The van der Waals surface area contributed by atoms with Gasteiger partial charge in [-0.3, -0.25) is 0 Å². The van der Waals surface area contributed by atoms with Crippen LogP contribution < -0.4 is 10.5 Å². The lowest BCUT2D eigenvalue weighted by Gasteiger charge is -2.28. The highest BCUT2D eigenvalue weighted by atomic mass is 16.5. The zero-order chi connectivity index (χ0) is 13.1. The van der Waals surface area contributed by atoms with Gasteiger partial charge in [-0.25, -0.2) is 0 Å². The molecule has 1 rings (SSSR count). The van der Waals surface area contributed by atoms with E-state index in [2.05, 4.69) is 6.07 Å². The molecule has 0 saturated carbocycles. The summed E-state index contributed by atoms with van der Waals surface area (Å²) in [7, 11) is 0. The van der Waals surface area contributed by atoms with Crippen LogP contribution in [0.4, 0.5) is 0 Å². The molecule has 0 aliphatic carbocycles. The fraction of sp³-hybridized carbons (Fsp3) is 0.571. The molecule has 96 valence electrons. The fourth-order valence-corrected chi connectivity index (χ4v) is 2.01. The second-order valence-electron chi connectivity index (χ2n) is 4.79. The molecular formula is C14H23NO2. The topological polar surface area (TPSA) is 55.5 Å². The van der Waals surface area contributed by atoms with Gasteiger partial charge in [0, 0.05) is 12.0 Å². The highest BCUT2D eigenvalue weighted by molar-refractivity contribution is 5.45. The molecule has 0 bridgehead atoms. The van der Waals surface area contributed by atoms with E-state index >= 15 is 0 Å². The number of nitrogens with two attached hydrogens (primary N) is 1. The molecule has 0 saturated heterocycles. The van der Waals surface area contributed by atoms with Crippen molar-refractivity contribution in [3.8, 4) is 5.75 Å². The van der Waals surface area contributed by atoms with Crippen LogP contribution in [0.1, 0.15) is 30.5 Å². The largest absolute Gasteiger partial charge is 0.494 e. The van der Waals surface area contributed by atoms with E-state index in [1.807, 2.05) is 33.8 Å². The summed E-state index contributed by atoms with van der Waals surface area (Å²) in [6.07, 6.45) is 0. The Morgan fingerprint density at radius 3 is 2.41 bits per heavy atom. The van der Waals surface area contributed by atoms with E-state index in [-0.39, 0.29) is 12.0 Å². The third kappa shape index (κ3) is 2.79. The zero-order valence-corrected chi connectivity index (χ0v) is 11.2. The van der Waals surface area contributed by atoms with Gasteiger partial charge in [0.1, 0.15) is 5.75 Å². The predicted molar refractivity (Wildman–Crippen MR) is 70.6 cm³/mol. The first kappa shape index (κ1) is 14.0. The Balaban J connectivity index is 3.23. The maximum atomic E-state index is 9.52. The van der Waals surface area contributed by atoms with Crippen molar-refractivity contribution in [2.24, 2.45) is 5.73 Å². The average Bonchev–Trinajstić information content (AvgIpc) is 2.32. The van der Waals surface area contributed by atoms with Gasteiger partial charge in [-0.2, -0.15) is 0 Å². The van der Waals surface area contributed by atoms with Crippen LogP contribution in [-0.4, -0.2) is 24.9 Å².